The minimum Gasteiger partial charge on any atom is -0.488 e. The van der Waals surface area contributed by atoms with Crippen LogP contribution in [0.3, 0.4) is 0 Å². The van der Waals surface area contributed by atoms with Gasteiger partial charge in [0.2, 0.25) is 0 Å². The Morgan fingerprint density at radius 2 is 1.95 bits per heavy atom. The summed E-state index contributed by atoms with van der Waals surface area (Å²) in [4.78, 5) is 2.16. The van der Waals surface area contributed by atoms with Crippen molar-refractivity contribution in [3.8, 4) is 5.75 Å². The molecule has 0 atom stereocenters. The van der Waals surface area contributed by atoms with Gasteiger partial charge in [0.25, 0.3) is 0 Å². The van der Waals surface area contributed by atoms with E-state index < -0.39 is 5.82 Å². The first-order valence-corrected chi connectivity index (χ1v) is 6.97. The van der Waals surface area contributed by atoms with Crippen LogP contribution >= 0.6 is 0 Å². The van der Waals surface area contributed by atoms with Gasteiger partial charge in [-0.05, 0) is 26.7 Å². The third-order valence-corrected chi connectivity index (χ3v) is 3.70. The van der Waals surface area contributed by atoms with Crippen LogP contribution in [0.2, 0.25) is 0 Å². The molecule has 0 unspecified atom stereocenters. The Balaban J connectivity index is 2.28. The third-order valence-electron chi connectivity index (χ3n) is 3.70. The Hall–Kier alpha value is -1.45. The molecule has 0 aliphatic heterocycles. The highest BCUT2D eigenvalue weighted by Gasteiger charge is 2.22. The lowest BCUT2D eigenvalue weighted by atomic mass is 10.1. The Morgan fingerprint density at radius 3 is 2.53 bits per heavy atom. The standard InChI is InChI=1S/C15H23FN2O/c1-10(2)19-15-9-14(13(17)8-12(15)16)18(3)11-6-4-5-7-11/h8-11H,4-7,17H2,1-3H3. The molecule has 1 aromatic carbocycles. The van der Waals surface area contributed by atoms with E-state index in [1.165, 1.54) is 31.7 Å². The summed E-state index contributed by atoms with van der Waals surface area (Å²) >= 11 is 0. The average Bonchev–Trinajstić information content (AvgIpc) is 2.85. The first-order valence-electron chi connectivity index (χ1n) is 6.97. The van der Waals surface area contributed by atoms with E-state index in [4.69, 9.17) is 10.5 Å². The van der Waals surface area contributed by atoms with Crippen molar-refractivity contribution in [1.82, 2.24) is 0 Å². The maximum absolute atomic E-state index is 13.8. The monoisotopic (exact) mass is 266 g/mol. The van der Waals surface area contributed by atoms with Crippen LogP contribution in [0.25, 0.3) is 0 Å². The first kappa shape index (κ1) is 14.0. The number of hydrogen-bond donors (Lipinski definition) is 1. The fourth-order valence-electron chi connectivity index (χ4n) is 2.70. The van der Waals surface area contributed by atoms with Gasteiger partial charge in [0, 0.05) is 25.2 Å². The van der Waals surface area contributed by atoms with Crippen molar-refractivity contribution in [1.29, 1.82) is 0 Å². The lowest BCUT2D eigenvalue weighted by molar-refractivity contribution is 0.231. The van der Waals surface area contributed by atoms with Crippen LogP contribution in [0.1, 0.15) is 39.5 Å². The van der Waals surface area contributed by atoms with E-state index in [1.807, 2.05) is 20.9 Å². The number of halogens is 1. The van der Waals surface area contributed by atoms with Gasteiger partial charge >= 0.3 is 0 Å². The molecular formula is C15H23FN2O. The van der Waals surface area contributed by atoms with Gasteiger partial charge in [0.15, 0.2) is 11.6 Å². The van der Waals surface area contributed by atoms with E-state index in [-0.39, 0.29) is 11.9 Å². The molecule has 0 spiro atoms. The van der Waals surface area contributed by atoms with E-state index in [0.29, 0.717) is 11.7 Å². The van der Waals surface area contributed by atoms with Crippen molar-refractivity contribution < 1.29 is 9.13 Å². The maximum atomic E-state index is 13.8. The van der Waals surface area contributed by atoms with Gasteiger partial charge in [-0.2, -0.15) is 0 Å². The minimum atomic E-state index is -0.394. The smallest absolute Gasteiger partial charge is 0.167 e. The molecule has 4 heteroatoms. The predicted molar refractivity (Wildman–Crippen MR) is 77.2 cm³/mol. The molecule has 3 nitrogen and oxygen atoms in total. The highest BCUT2D eigenvalue weighted by Crippen LogP contribution is 2.35. The van der Waals surface area contributed by atoms with Gasteiger partial charge in [0.05, 0.1) is 17.5 Å². The van der Waals surface area contributed by atoms with Crippen LogP contribution in [0, 0.1) is 5.82 Å². The summed E-state index contributed by atoms with van der Waals surface area (Å²) < 4.78 is 19.3. The number of anilines is 2. The molecule has 0 heterocycles. The molecule has 106 valence electrons. The first-order chi connectivity index (χ1) is 8.99. The summed E-state index contributed by atoms with van der Waals surface area (Å²) in [5.74, 6) is -0.112. The lowest BCUT2D eigenvalue weighted by Crippen LogP contribution is -2.29. The summed E-state index contributed by atoms with van der Waals surface area (Å²) in [6.07, 6.45) is 4.81. The fraction of sp³-hybridized carbons (Fsp3) is 0.600. The molecule has 19 heavy (non-hydrogen) atoms. The molecule has 0 amide bonds. The van der Waals surface area contributed by atoms with Crippen molar-refractivity contribution in [3.63, 3.8) is 0 Å². The number of ether oxygens (including phenoxy) is 1. The van der Waals surface area contributed by atoms with E-state index in [1.54, 1.807) is 6.07 Å². The Kier molecular flexibility index (Phi) is 4.17. The number of rotatable bonds is 4. The SMILES string of the molecule is CC(C)Oc1cc(N(C)C2CCCC2)c(N)cc1F. The molecule has 0 saturated heterocycles. The molecule has 1 fully saturated rings. The molecule has 0 bridgehead atoms. The number of benzene rings is 1. The van der Waals surface area contributed by atoms with Crippen LogP contribution < -0.4 is 15.4 Å². The van der Waals surface area contributed by atoms with Crippen LogP contribution in [-0.2, 0) is 0 Å². The quantitative estimate of drug-likeness (QED) is 0.847. The van der Waals surface area contributed by atoms with Gasteiger partial charge in [-0.3, -0.25) is 0 Å². The lowest BCUT2D eigenvalue weighted by Gasteiger charge is -2.28. The summed E-state index contributed by atoms with van der Waals surface area (Å²) in [6, 6.07) is 3.58. The number of nitrogen functional groups attached to an aromatic ring is 1. The molecule has 0 aromatic heterocycles. The van der Waals surface area contributed by atoms with Gasteiger partial charge in [-0.15, -0.1) is 0 Å². The summed E-state index contributed by atoms with van der Waals surface area (Å²) in [7, 11) is 2.03. The largest absolute Gasteiger partial charge is 0.488 e. The van der Waals surface area contributed by atoms with E-state index in [0.717, 1.165) is 5.69 Å². The predicted octanol–water partition coefficient (Wildman–Crippen LogP) is 3.57. The Morgan fingerprint density at radius 1 is 1.32 bits per heavy atom. The second-order valence-corrected chi connectivity index (χ2v) is 5.56. The van der Waals surface area contributed by atoms with E-state index in [9.17, 15) is 4.39 Å². The Bertz CT molecular complexity index is 442. The third kappa shape index (κ3) is 3.11. The highest BCUT2D eigenvalue weighted by molar-refractivity contribution is 5.70. The van der Waals surface area contributed by atoms with Gasteiger partial charge < -0.3 is 15.4 Å². The highest BCUT2D eigenvalue weighted by atomic mass is 19.1. The molecule has 1 aliphatic rings. The molecule has 1 aliphatic carbocycles. The summed E-state index contributed by atoms with van der Waals surface area (Å²) in [5, 5.41) is 0. The van der Waals surface area contributed by atoms with E-state index in [2.05, 4.69) is 4.90 Å². The zero-order valence-electron chi connectivity index (χ0n) is 11.9. The normalized spacial score (nSPS) is 16.1. The number of nitrogens with two attached hydrogens (primary N) is 1. The Labute approximate surface area is 114 Å². The van der Waals surface area contributed by atoms with Crippen LogP contribution in [0.4, 0.5) is 15.8 Å². The fourth-order valence-corrected chi connectivity index (χ4v) is 2.70. The molecule has 2 N–H and O–H groups in total. The second kappa shape index (κ2) is 5.68. The number of hydrogen-bond acceptors (Lipinski definition) is 3. The number of nitrogens with zero attached hydrogens (tertiary/aromatic N) is 1. The topological polar surface area (TPSA) is 38.5 Å². The van der Waals surface area contributed by atoms with Crippen molar-refractivity contribution >= 4 is 11.4 Å². The molecule has 1 saturated carbocycles. The van der Waals surface area contributed by atoms with Crippen LogP contribution in [0.5, 0.6) is 5.75 Å². The zero-order valence-corrected chi connectivity index (χ0v) is 11.9. The van der Waals surface area contributed by atoms with Crippen molar-refractivity contribution in [2.75, 3.05) is 17.7 Å². The van der Waals surface area contributed by atoms with Crippen molar-refractivity contribution in [2.24, 2.45) is 0 Å². The van der Waals surface area contributed by atoms with E-state index >= 15 is 0 Å². The summed E-state index contributed by atoms with van der Waals surface area (Å²) in [6.45, 7) is 3.77. The summed E-state index contributed by atoms with van der Waals surface area (Å²) in [5.41, 5.74) is 7.29. The van der Waals surface area contributed by atoms with Gasteiger partial charge in [-0.25, -0.2) is 4.39 Å². The zero-order chi connectivity index (χ0) is 14.0. The minimum absolute atomic E-state index is 0.0530. The van der Waals surface area contributed by atoms with Gasteiger partial charge in [-0.1, -0.05) is 12.8 Å². The van der Waals surface area contributed by atoms with Crippen molar-refractivity contribution in [2.45, 2.75) is 51.7 Å². The van der Waals surface area contributed by atoms with Gasteiger partial charge in [0.1, 0.15) is 0 Å². The molecule has 1 aromatic rings. The average molecular weight is 266 g/mol. The molecule has 2 rings (SSSR count). The molecular weight excluding hydrogens is 243 g/mol. The second-order valence-electron chi connectivity index (χ2n) is 5.56. The van der Waals surface area contributed by atoms with Crippen LogP contribution in [-0.4, -0.2) is 19.2 Å². The van der Waals surface area contributed by atoms with Crippen LogP contribution in [0.15, 0.2) is 12.1 Å². The maximum Gasteiger partial charge on any atom is 0.167 e. The van der Waals surface area contributed by atoms with Crippen molar-refractivity contribution in [3.05, 3.63) is 17.9 Å². The molecule has 0 radical (unpaired) electrons.